The number of ether oxygens (including phenoxy) is 2. The Kier molecular flexibility index (Phi) is 5.44. The van der Waals surface area contributed by atoms with Crippen molar-refractivity contribution in [3.8, 4) is 0 Å². The van der Waals surface area contributed by atoms with Gasteiger partial charge in [-0.15, -0.1) is 0 Å². The smallest absolute Gasteiger partial charge is 0.407 e. The first-order valence-electron chi connectivity index (χ1n) is 5.19. The van der Waals surface area contributed by atoms with Gasteiger partial charge in [0.15, 0.2) is 5.78 Å². The molecule has 0 aromatic carbocycles. The average Bonchev–Trinajstić information content (AvgIpc) is 2.24. The van der Waals surface area contributed by atoms with Gasteiger partial charge in [-0.25, -0.2) is 4.79 Å². The molecule has 0 fully saturated rings. The highest BCUT2D eigenvalue weighted by molar-refractivity contribution is 5.89. The number of hydrogen-bond acceptors (Lipinski definition) is 4. The third kappa shape index (κ3) is 3.81. The molecule has 0 heterocycles. The van der Waals surface area contributed by atoms with Crippen LogP contribution in [0.2, 0.25) is 0 Å². The summed E-state index contributed by atoms with van der Waals surface area (Å²) in [6.45, 7) is 7.04. The predicted octanol–water partition coefficient (Wildman–Crippen LogP) is 1.36. The van der Waals surface area contributed by atoms with Gasteiger partial charge in [-0.05, 0) is 13.8 Å². The summed E-state index contributed by atoms with van der Waals surface area (Å²) in [6.07, 6.45) is -0.635. The van der Waals surface area contributed by atoms with E-state index in [0.29, 0.717) is 0 Å². The highest BCUT2D eigenvalue weighted by Crippen LogP contribution is 2.17. The second-order valence-corrected chi connectivity index (χ2v) is 4.43. The van der Waals surface area contributed by atoms with Gasteiger partial charge in [0.05, 0.1) is 12.7 Å². The van der Waals surface area contributed by atoms with Crippen LogP contribution in [-0.2, 0) is 14.3 Å². The lowest BCUT2D eigenvalue weighted by Gasteiger charge is -2.33. The van der Waals surface area contributed by atoms with Gasteiger partial charge >= 0.3 is 6.09 Å². The summed E-state index contributed by atoms with van der Waals surface area (Å²) < 4.78 is 9.72. The van der Waals surface area contributed by atoms with E-state index < -0.39 is 17.7 Å². The number of nitrogens with one attached hydrogen (secondary N) is 1. The zero-order chi connectivity index (χ0) is 12.9. The largest absolute Gasteiger partial charge is 0.453 e. The lowest BCUT2D eigenvalue weighted by Crippen LogP contribution is -2.56. The van der Waals surface area contributed by atoms with Crippen molar-refractivity contribution in [3.05, 3.63) is 0 Å². The van der Waals surface area contributed by atoms with Crippen LogP contribution in [0.25, 0.3) is 0 Å². The summed E-state index contributed by atoms with van der Waals surface area (Å²) in [5.41, 5.74) is -0.768. The molecule has 0 aromatic rings. The fraction of sp³-hybridized carbons (Fsp3) is 0.818. The van der Waals surface area contributed by atoms with E-state index in [1.54, 1.807) is 27.7 Å². The maximum absolute atomic E-state index is 11.9. The topological polar surface area (TPSA) is 64.6 Å². The minimum absolute atomic E-state index is 0.0859. The van der Waals surface area contributed by atoms with Crippen LogP contribution in [0.5, 0.6) is 0 Å². The van der Waals surface area contributed by atoms with Crippen LogP contribution in [0.1, 0.15) is 27.7 Å². The van der Waals surface area contributed by atoms with Gasteiger partial charge in [-0.3, -0.25) is 4.79 Å². The summed E-state index contributed by atoms with van der Waals surface area (Å²) in [5, 5.41) is 2.50. The maximum atomic E-state index is 11.9. The van der Waals surface area contributed by atoms with Crippen LogP contribution >= 0.6 is 0 Å². The first-order valence-corrected chi connectivity index (χ1v) is 5.19. The van der Waals surface area contributed by atoms with Crippen LogP contribution in [0.4, 0.5) is 4.79 Å². The standard InChI is InChI=1S/C11H21NO4/c1-7(2)8(13)9(11(3,4)16-6)12-10(14)15-5/h7,9H,1-6H3,(H,12,14)/t9-/m1/s1. The molecule has 16 heavy (non-hydrogen) atoms. The van der Waals surface area contributed by atoms with Gasteiger partial charge in [0.25, 0.3) is 0 Å². The van der Waals surface area contributed by atoms with E-state index in [-0.39, 0.29) is 11.7 Å². The molecule has 0 radical (unpaired) electrons. The van der Waals surface area contributed by atoms with E-state index in [1.807, 2.05) is 0 Å². The Morgan fingerprint density at radius 2 is 1.69 bits per heavy atom. The number of methoxy groups -OCH3 is 2. The van der Waals surface area contributed by atoms with Gasteiger partial charge in [-0.2, -0.15) is 0 Å². The first kappa shape index (κ1) is 14.9. The maximum Gasteiger partial charge on any atom is 0.407 e. The van der Waals surface area contributed by atoms with Crippen LogP contribution in [-0.4, -0.2) is 37.7 Å². The molecule has 0 aliphatic heterocycles. The molecule has 0 spiro atoms. The van der Waals surface area contributed by atoms with Crippen molar-refractivity contribution < 1.29 is 19.1 Å². The molecule has 5 heteroatoms. The van der Waals surface area contributed by atoms with Crippen molar-refractivity contribution in [2.24, 2.45) is 5.92 Å². The van der Waals surface area contributed by atoms with Crippen LogP contribution in [0, 0.1) is 5.92 Å². The van der Waals surface area contributed by atoms with Gasteiger partial charge in [0.1, 0.15) is 6.04 Å². The summed E-state index contributed by atoms with van der Waals surface area (Å²) in [5.74, 6) is -0.270. The Hall–Kier alpha value is -1.10. The molecule has 0 aliphatic rings. The molecule has 0 aliphatic carbocycles. The third-order valence-electron chi connectivity index (χ3n) is 2.52. The first-order chi connectivity index (χ1) is 7.26. The Balaban J connectivity index is 4.91. The Bertz CT molecular complexity index is 261. The van der Waals surface area contributed by atoms with E-state index in [9.17, 15) is 9.59 Å². The Labute approximate surface area is 96.5 Å². The van der Waals surface area contributed by atoms with Crippen molar-refractivity contribution >= 4 is 11.9 Å². The lowest BCUT2D eigenvalue weighted by molar-refractivity contribution is -0.131. The number of Topliss-reactive ketones (excluding diaryl/α,β-unsaturated/α-hetero) is 1. The molecule has 94 valence electrons. The summed E-state index contributed by atoms with van der Waals surface area (Å²) in [4.78, 5) is 23.1. The quantitative estimate of drug-likeness (QED) is 0.776. The summed E-state index contributed by atoms with van der Waals surface area (Å²) in [6, 6.07) is -0.718. The Morgan fingerprint density at radius 3 is 2.00 bits per heavy atom. The number of alkyl carbamates (subject to hydrolysis) is 1. The molecule has 0 saturated carbocycles. The summed E-state index contributed by atoms with van der Waals surface area (Å²) >= 11 is 0. The molecule has 0 bridgehead atoms. The van der Waals surface area contributed by atoms with Crippen molar-refractivity contribution in [3.63, 3.8) is 0 Å². The van der Waals surface area contributed by atoms with E-state index >= 15 is 0 Å². The number of amides is 1. The molecule has 1 amide bonds. The molecule has 0 unspecified atom stereocenters. The van der Waals surface area contributed by atoms with Crippen molar-refractivity contribution in [2.45, 2.75) is 39.3 Å². The van der Waals surface area contributed by atoms with Crippen molar-refractivity contribution in [2.75, 3.05) is 14.2 Å². The van der Waals surface area contributed by atoms with Gasteiger partial charge in [0, 0.05) is 13.0 Å². The van der Waals surface area contributed by atoms with Crippen LogP contribution < -0.4 is 5.32 Å². The van der Waals surface area contributed by atoms with Gasteiger partial charge < -0.3 is 14.8 Å². The normalized spacial score (nSPS) is 13.4. The highest BCUT2D eigenvalue weighted by Gasteiger charge is 2.37. The molecular weight excluding hydrogens is 210 g/mol. The molecule has 1 N–H and O–H groups in total. The zero-order valence-corrected chi connectivity index (χ0v) is 10.8. The number of ketones is 1. The number of carbonyl (C=O) groups is 2. The zero-order valence-electron chi connectivity index (χ0n) is 10.8. The summed E-state index contributed by atoms with van der Waals surface area (Å²) in [7, 11) is 2.76. The Morgan fingerprint density at radius 1 is 1.19 bits per heavy atom. The minimum atomic E-state index is -0.768. The van der Waals surface area contributed by atoms with Gasteiger partial charge in [0.2, 0.25) is 0 Å². The minimum Gasteiger partial charge on any atom is -0.453 e. The fourth-order valence-corrected chi connectivity index (χ4v) is 1.22. The van der Waals surface area contributed by atoms with Crippen LogP contribution in [0.3, 0.4) is 0 Å². The number of rotatable bonds is 5. The van der Waals surface area contributed by atoms with Crippen molar-refractivity contribution in [1.82, 2.24) is 5.32 Å². The van der Waals surface area contributed by atoms with Gasteiger partial charge in [-0.1, -0.05) is 13.8 Å². The second kappa shape index (κ2) is 5.84. The van der Waals surface area contributed by atoms with E-state index in [0.717, 1.165) is 0 Å². The molecule has 0 saturated heterocycles. The number of carbonyl (C=O) groups excluding carboxylic acids is 2. The number of hydrogen-bond donors (Lipinski definition) is 1. The average molecular weight is 231 g/mol. The third-order valence-corrected chi connectivity index (χ3v) is 2.52. The molecule has 0 aromatic heterocycles. The molecular formula is C11H21NO4. The van der Waals surface area contributed by atoms with Crippen LogP contribution in [0.15, 0.2) is 0 Å². The van der Waals surface area contributed by atoms with Crippen molar-refractivity contribution in [1.29, 1.82) is 0 Å². The second-order valence-electron chi connectivity index (χ2n) is 4.43. The molecule has 1 atom stereocenters. The van der Waals surface area contributed by atoms with E-state index in [2.05, 4.69) is 10.1 Å². The highest BCUT2D eigenvalue weighted by atomic mass is 16.5. The lowest BCUT2D eigenvalue weighted by atomic mass is 9.89. The molecule has 5 nitrogen and oxygen atoms in total. The molecule has 0 rings (SSSR count). The predicted molar refractivity (Wildman–Crippen MR) is 60.3 cm³/mol. The van der Waals surface area contributed by atoms with E-state index in [1.165, 1.54) is 14.2 Å². The fourth-order valence-electron chi connectivity index (χ4n) is 1.22. The monoisotopic (exact) mass is 231 g/mol. The SMILES string of the molecule is COC(=O)N[C@H](C(=O)C(C)C)C(C)(C)OC. The van der Waals surface area contributed by atoms with E-state index in [4.69, 9.17) is 4.74 Å².